The maximum atomic E-state index is 10.9. The van der Waals surface area contributed by atoms with E-state index in [1.807, 2.05) is 0 Å². The van der Waals surface area contributed by atoms with Gasteiger partial charge in [0, 0.05) is 9.85 Å². The van der Waals surface area contributed by atoms with E-state index in [4.69, 9.17) is 4.74 Å². The molecule has 2 aromatic rings. The van der Waals surface area contributed by atoms with E-state index in [9.17, 15) is 20.2 Å². The molecule has 0 aliphatic carbocycles. The fraction of sp³-hybridized carbons (Fsp3) is 0.250. The van der Waals surface area contributed by atoms with Gasteiger partial charge in [0.15, 0.2) is 0 Å². The van der Waals surface area contributed by atoms with Crippen molar-refractivity contribution >= 4 is 0 Å². The molecular formula is C16H16N2O5. The number of nitro groups is 2. The highest BCUT2D eigenvalue weighted by Crippen LogP contribution is 2.27. The van der Waals surface area contributed by atoms with Crippen LogP contribution in [0.2, 0.25) is 0 Å². The summed E-state index contributed by atoms with van der Waals surface area (Å²) < 4.78 is 5.76. The zero-order valence-corrected chi connectivity index (χ0v) is 12.3. The molecule has 0 aliphatic rings. The van der Waals surface area contributed by atoms with Crippen LogP contribution in [0.5, 0.6) is 0 Å². The van der Waals surface area contributed by atoms with Crippen molar-refractivity contribution in [1.29, 1.82) is 0 Å². The summed E-state index contributed by atoms with van der Waals surface area (Å²) in [4.78, 5) is 20.9. The van der Waals surface area contributed by atoms with Gasteiger partial charge in [0.2, 0.25) is 13.1 Å². The molecule has 0 heterocycles. The molecule has 0 amide bonds. The summed E-state index contributed by atoms with van der Waals surface area (Å²) in [7, 11) is 0. The molecule has 0 fully saturated rings. The predicted octanol–water partition coefficient (Wildman–Crippen LogP) is 3.04. The van der Waals surface area contributed by atoms with Crippen LogP contribution >= 0.6 is 0 Å². The number of hydrogen-bond acceptors (Lipinski definition) is 5. The Kier molecular flexibility index (Phi) is 5.76. The zero-order valence-electron chi connectivity index (χ0n) is 12.3. The molecule has 2 aromatic carbocycles. The fourth-order valence-corrected chi connectivity index (χ4v) is 2.26. The highest BCUT2D eigenvalue weighted by Gasteiger charge is 2.27. The van der Waals surface area contributed by atoms with Crippen molar-refractivity contribution in [3.05, 3.63) is 92.0 Å². The number of nitrogens with zero attached hydrogens (tertiary/aromatic N) is 2. The van der Waals surface area contributed by atoms with E-state index in [1.54, 1.807) is 60.7 Å². The number of hydrogen-bond donors (Lipinski definition) is 0. The van der Waals surface area contributed by atoms with E-state index >= 15 is 0 Å². The maximum absolute atomic E-state index is 10.9. The molecule has 0 N–H and O–H groups in total. The summed E-state index contributed by atoms with van der Waals surface area (Å²) in [6.45, 7) is -0.907. The van der Waals surface area contributed by atoms with E-state index in [2.05, 4.69) is 0 Å². The van der Waals surface area contributed by atoms with Crippen molar-refractivity contribution in [1.82, 2.24) is 0 Å². The van der Waals surface area contributed by atoms with Crippen molar-refractivity contribution in [2.24, 2.45) is 0 Å². The standard InChI is InChI=1S/C16H16N2O5/c19-17(20)11-15(13-7-3-1-4-8-13)23-16(12-18(21)22)14-9-5-2-6-10-14/h1-10,15-16H,11-12H2. The summed E-state index contributed by atoms with van der Waals surface area (Å²) in [6, 6.07) is 17.4. The molecule has 7 heteroatoms. The molecule has 0 radical (unpaired) electrons. The van der Waals surface area contributed by atoms with Crippen LogP contribution in [0.3, 0.4) is 0 Å². The van der Waals surface area contributed by atoms with Gasteiger partial charge in [-0.2, -0.15) is 0 Å². The minimum Gasteiger partial charge on any atom is -0.352 e. The topological polar surface area (TPSA) is 95.5 Å². The summed E-state index contributed by atoms with van der Waals surface area (Å²) in [5.74, 6) is 0. The lowest BCUT2D eigenvalue weighted by Crippen LogP contribution is -2.22. The van der Waals surface area contributed by atoms with Crippen LogP contribution in [-0.2, 0) is 4.74 Å². The van der Waals surface area contributed by atoms with Gasteiger partial charge in [-0.05, 0) is 11.1 Å². The Hall–Kier alpha value is -2.80. The van der Waals surface area contributed by atoms with Crippen molar-refractivity contribution in [3.8, 4) is 0 Å². The van der Waals surface area contributed by atoms with Gasteiger partial charge in [0.1, 0.15) is 12.2 Å². The Morgan fingerprint density at radius 1 is 0.739 bits per heavy atom. The first kappa shape index (κ1) is 16.6. The molecule has 0 aromatic heterocycles. The van der Waals surface area contributed by atoms with Crippen LogP contribution in [0.1, 0.15) is 23.3 Å². The van der Waals surface area contributed by atoms with Gasteiger partial charge >= 0.3 is 0 Å². The monoisotopic (exact) mass is 316 g/mol. The lowest BCUT2D eigenvalue weighted by molar-refractivity contribution is -0.508. The van der Waals surface area contributed by atoms with Crippen LogP contribution in [-0.4, -0.2) is 22.9 Å². The van der Waals surface area contributed by atoms with Gasteiger partial charge in [-0.15, -0.1) is 0 Å². The number of ether oxygens (including phenoxy) is 1. The maximum Gasteiger partial charge on any atom is 0.233 e. The lowest BCUT2D eigenvalue weighted by atomic mass is 10.1. The van der Waals surface area contributed by atoms with E-state index in [0.717, 1.165) is 0 Å². The van der Waals surface area contributed by atoms with Crippen LogP contribution < -0.4 is 0 Å². The van der Waals surface area contributed by atoms with Gasteiger partial charge < -0.3 is 4.74 Å². The van der Waals surface area contributed by atoms with Crippen molar-refractivity contribution < 1.29 is 14.6 Å². The molecule has 0 bridgehead atoms. The van der Waals surface area contributed by atoms with Crippen LogP contribution in [0.15, 0.2) is 60.7 Å². The smallest absolute Gasteiger partial charge is 0.233 e. The molecule has 0 saturated heterocycles. The van der Waals surface area contributed by atoms with Gasteiger partial charge in [-0.25, -0.2) is 0 Å². The third kappa shape index (κ3) is 5.15. The molecule has 23 heavy (non-hydrogen) atoms. The third-order valence-corrected chi connectivity index (χ3v) is 3.30. The van der Waals surface area contributed by atoms with Gasteiger partial charge in [0.25, 0.3) is 0 Å². The first-order valence-electron chi connectivity index (χ1n) is 7.05. The highest BCUT2D eigenvalue weighted by molar-refractivity contribution is 5.20. The highest BCUT2D eigenvalue weighted by atomic mass is 16.6. The second-order valence-electron chi connectivity index (χ2n) is 4.97. The normalized spacial score (nSPS) is 13.2. The fourth-order valence-electron chi connectivity index (χ4n) is 2.26. The molecule has 0 aliphatic heterocycles. The Morgan fingerprint density at radius 3 is 1.39 bits per heavy atom. The molecule has 2 atom stereocenters. The van der Waals surface area contributed by atoms with Crippen LogP contribution in [0, 0.1) is 20.2 Å². The number of benzene rings is 2. The first-order chi connectivity index (χ1) is 11.1. The second-order valence-corrected chi connectivity index (χ2v) is 4.97. The average Bonchev–Trinajstić information content (AvgIpc) is 2.54. The summed E-state index contributed by atoms with van der Waals surface area (Å²) in [5, 5.41) is 21.8. The number of rotatable bonds is 8. The Balaban J connectivity index is 2.26. The van der Waals surface area contributed by atoms with Crippen molar-refractivity contribution in [2.75, 3.05) is 13.1 Å². The average molecular weight is 316 g/mol. The molecular weight excluding hydrogens is 300 g/mol. The van der Waals surface area contributed by atoms with Crippen molar-refractivity contribution in [3.63, 3.8) is 0 Å². The molecule has 2 unspecified atom stereocenters. The van der Waals surface area contributed by atoms with E-state index < -0.39 is 35.1 Å². The SMILES string of the molecule is O=[N+]([O-])CC(OC(C[N+](=O)[O-])c1ccccc1)c1ccccc1. The Morgan fingerprint density at radius 2 is 1.09 bits per heavy atom. The van der Waals surface area contributed by atoms with Gasteiger partial charge in [-0.3, -0.25) is 20.2 Å². The van der Waals surface area contributed by atoms with E-state index in [-0.39, 0.29) is 0 Å². The van der Waals surface area contributed by atoms with Crippen molar-refractivity contribution in [2.45, 2.75) is 12.2 Å². The minimum absolute atomic E-state index is 0.453. The van der Waals surface area contributed by atoms with E-state index in [1.165, 1.54) is 0 Å². The second kappa shape index (κ2) is 8.00. The summed E-state index contributed by atoms with van der Waals surface area (Å²) in [6.07, 6.45) is -1.70. The van der Waals surface area contributed by atoms with E-state index in [0.29, 0.717) is 11.1 Å². The molecule has 2 rings (SSSR count). The molecule has 0 spiro atoms. The summed E-state index contributed by atoms with van der Waals surface area (Å²) in [5.41, 5.74) is 1.24. The first-order valence-corrected chi connectivity index (χ1v) is 7.05. The van der Waals surface area contributed by atoms with Gasteiger partial charge in [-0.1, -0.05) is 60.7 Å². The molecule has 0 saturated carbocycles. The largest absolute Gasteiger partial charge is 0.352 e. The van der Waals surface area contributed by atoms with Gasteiger partial charge in [0.05, 0.1) is 0 Å². The Bertz CT molecular complexity index is 591. The third-order valence-electron chi connectivity index (χ3n) is 3.30. The lowest BCUT2D eigenvalue weighted by Gasteiger charge is -2.21. The van der Waals surface area contributed by atoms with Crippen LogP contribution in [0.25, 0.3) is 0 Å². The Labute approximate surface area is 132 Å². The minimum atomic E-state index is -0.851. The predicted molar refractivity (Wildman–Crippen MR) is 83.2 cm³/mol. The zero-order chi connectivity index (χ0) is 16.7. The summed E-state index contributed by atoms with van der Waals surface area (Å²) >= 11 is 0. The quantitative estimate of drug-likeness (QED) is 0.551. The molecule has 7 nitrogen and oxygen atoms in total. The molecule has 120 valence electrons. The van der Waals surface area contributed by atoms with Crippen LogP contribution in [0.4, 0.5) is 0 Å².